The first-order valence-corrected chi connectivity index (χ1v) is 5.93. The maximum absolute atomic E-state index is 12.0. The Morgan fingerprint density at radius 1 is 1.47 bits per heavy atom. The van der Waals surface area contributed by atoms with Gasteiger partial charge in [-0.05, 0) is 37.9 Å². The topological polar surface area (TPSA) is 48.7 Å². The number of rotatable bonds is 3. The summed E-state index contributed by atoms with van der Waals surface area (Å²) < 4.78 is 37.2. The van der Waals surface area contributed by atoms with E-state index in [4.69, 9.17) is 5.26 Å². The van der Waals surface area contributed by atoms with Crippen molar-refractivity contribution in [2.45, 2.75) is 12.2 Å². The molecule has 1 unspecified atom stereocenters. The first-order chi connectivity index (χ1) is 7.83. The molecular weight excluding hydrogens is 367 g/mol. The standard InChI is InChI=1S/C9H6Br2F3N3/c10-5-1-6(11)8(16-3-5)7(2-15)17-4-9(12,13)14/h1,3,7,17H,4H2. The van der Waals surface area contributed by atoms with Gasteiger partial charge in [0.1, 0.15) is 6.04 Å². The van der Waals surface area contributed by atoms with Crippen LogP contribution in [0, 0.1) is 11.3 Å². The summed E-state index contributed by atoms with van der Waals surface area (Å²) in [6.07, 6.45) is -2.95. The van der Waals surface area contributed by atoms with Gasteiger partial charge in [0.05, 0.1) is 18.3 Å². The summed E-state index contributed by atoms with van der Waals surface area (Å²) >= 11 is 6.31. The molecule has 1 rings (SSSR count). The first-order valence-electron chi connectivity index (χ1n) is 4.34. The molecule has 0 amide bonds. The minimum absolute atomic E-state index is 0.222. The molecule has 0 aliphatic rings. The molecule has 0 aliphatic carbocycles. The number of nitriles is 1. The predicted molar refractivity (Wildman–Crippen MR) is 62.0 cm³/mol. The van der Waals surface area contributed by atoms with Gasteiger partial charge in [0.2, 0.25) is 0 Å². The Bertz CT molecular complexity index is 442. The van der Waals surface area contributed by atoms with Gasteiger partial charge in [-0.25, -0.2) is 0 Å². The molecule has 3 nitrogen and oxygen atoms in total. The molecule has 0 aromatic carbocycles. The summed E-state index contributed by atoms with van der Waals surface area (Å²) in [5.41, 5.74) is 0.222. The quantitative estimate of drug-likeness (QED) is 0.885. The molecule has 92 valence electrons. The summed E-state index contributed by atoms with van der Waals surface area (Å²) in [6, 6.07) is 2.23. The number of aromatic nitrogens is 1. The lowest BCUT2D eigenvalue weighted by Gasteiger charge is -2.14. The second-order valence-corrected chi connectivity index (χ2v) is 4.85. The Balaban J connectivity index is 2.84. The van der Waals surface area contributed by atoms with E-state index in [-0.39, 0.29) is 5.69 Å². The minimum atomic E-state index is -4.36. The molecule has 0 saturated carbocycles. The van der Waals surface area contributed by atoms with Crippen LogP contribution in [-0.2, 0) is 0 Å². The molecule has 0 radical (unpaired) electrons. The molecule has 1 heterocycles. The van der Waals surface area contributed by atoms with Crippen LogP contribution in [-0.4, -0.2) is 17.7 Å². The monoisotopic (exact) mass is 371 g/mol. The predicted octanol–water partition coefficient (Wildman–Crippen LogP) is 3.32. The normalized spacial score (nSPS) is 13.2. The second kappa shape index (κ2) is 5.80. The van der Waals surface area contributed by atoms with Gasteiger partial charge in [0.15, 0.2) is 0 Å². The zero-order valence-electron chi connectivity index (χ0n) is 8.22. The molecule has 8 heteroatoms. The summed E-state index contributed by atoms with van der Waals surface area (Å²) in [6.45, 7) is -1.24. The molecule has 0 bridgehead atoms. The van der Waals surface area contributed by atoms with Crippen LogP contribution in [0.25, 0.3) is 0 Å². The van der Waals surface area contributed by atoms with Gasteiger partial charge in [-0.15, -0.1) is 0 Å². The first kappa shape index (κ1) is 14.4. The third-order valence-corrected chi connectivity index (χ3v) is 2.81. The number of hydrogen-bond acceptors (Lipinski definition) is 3. The van der Waals surface area contributed by atoms with Gasteiger partial charge in [0, 0.05) is 15.1 Å². The molecule has 1 atom stereocenters. The number of hydrogen-bond donors (Lipinski definition) is 1. The van der Waals surface area contributed by atoms with Gasteiger partial charge in [0.25, 0.3) is 0 Å². The van der Waals surface area contributed by atoms with E-state index >= 15 is 0 Å². The van der Waals surface area contributed by atoms with Crippen molar-refractivity contribution in [2.75, 3.05) is 6.54 Å². The van der Waals surface area contributed by atoms with Crippen LogP contribution < -0.4 is 5.32 Å². The van der Waals surface area contributed by atoms with Gasteiger partial charge in [-0.1, -0.05) is 0 Å². The zero-order chi connectivity index (χ0) is 13.1. The van der Waals surface area contributed by atoms with Crippen molar-refractivity contribution in [3.05, 3.63) is 26.9 Å². The molecule has 1 aromatic heterocycles. The van der Waals surface area contributed by atoms with Gasteiger partial charge in [-0.3, -0.25) is 10.3 Å². The van der Waals surface area contributed by atoms with E-state index in [1.165, 1.54) is 6.20 Å². The Morgan fingerprint density at radius 3 is 2.59 bits per heavy atom. The van der Waals surface area contributed by atoms with Gasteiger partial charge >= 0.3 is 6.18 Å². The van der Waals surface area contributed by atoms with Crippen LogP contribution in [0.15, 0.2) is 21.2 Å². The van der Waals surface area contributed by atoms with Crippen LogP contribution in [0.4, 0.5) is 13.2 Å². The van der Waals surface area contributed by atoms with Crippen LogP contribution >= 0.6 is 31.9 Å². The highest BCUT2D eigenvalue weighted by atomic mass is 79.9. The van der Waals surface area contributed by atoms with E-state index in [1.54, 1.807) is 12.1 Å². The number of nitrogens with zero attached hydrogens (tertiary/aromatic N) is 2. The third kappa shape index (κ3) is 4.61. The fourth-order valence-corrected chi connectivity index (χ4v) is 2.28. The van der Waals surface area contributed by atoms with Crippen molar-refractivity contribution in [1.82, 2.24) is 10.3 Å². The van der Waals surface area contributed by atoms with Crippen molar-refractivity contribution in [3.8, 4) is 6.07 Å². The molecule has 0 spiro atoms. The lowest BCUT2D eigenvalue weighted by molar-refractivity contribution is -0.125. The van der Waals surface area contributed by atoms with Crippen LogP contribution in [0.1, 0.15) is 11.7 Å². The SMILES string of the molecule is N#CC(NCC(F)(F)F)c1ncc(Br)cc1Br. The van der Waals surface area contributed by atoms with E-state index in [1.807, 2.05) is 0 Å². The third-order valence-electron chi connectivity index (χ3n) is 1.75. The lowest BCUT2D eigenvalue weighted by atomic mass is 10.2. The Labute approximate surface area is 112 Å². The zero-order valence-corrected chi connectivity index (χ0v) is 11.4. The van der Waals surface area contributed by atoms with E-state index in [0.717, 1.165) is 0 Å². The van der Waals surface area contributed by atoms with Crippen LogP contribution in [0.5, 0.6) is 0 Å². The summed E-state index contributed by atoms with van der Waals surface area (Å²) in [7, 11) is 0. The molecule has 0 aliphatic heterocycles. The van der Waals surface area contributed by atoms with Crippen molar-refractivity contribution in [1.29, 1.82) is 5.26 Å². The maximum Gasteiger partial charge on any atom is 0.401 e. The van der Waals surface area contributed by atoms with Crippen molar-refractivity contribution in [3.63, 3.8) is 0 Å². The van der Waals surface area contributed by atoms with Crippen molar-refractivity contribution in [2.24, 2.45) is 0 Å². The second-order valence-electron chi connectivity index (χ2n) is 3.08. The van der Waals surface area contributed by atoms with Gasteiger partial charge in [-0.2, -0.15) is 18.4 Å². The van der Waals surface area contributed by atoms with Crippen molar-refractivity contribution >= 4 is 31.9 Å². The summed E-state index contributed by atoms with van der Waals surface area (Å²) in [5.74, 6) is 0. The fraction of sp³-hybridized carbons (Fsp3) is 0.333. The van der Waals surface area contributed by atoms with Crippen LogP contribution in [0.2, 0.25) is 0 Å². The smallest absolute Gasteiger partial charge is 0.288 e. The number of pyridine rings is 1. The Kier molecular flexibility index (Phi) is 4.91. The molecule has 17 heavy (non-hydrogen) atoms. The summed E-state index contributed by atoms with van der Waals surface area (Å²) in [4.78, 5) is 3.90. The average Bonchev–Trinajstić information content (AvgIpc) is 2.19. The molecule has 0 fully saturated rings. The Morgan fingerprint density at radius 2 is 2.12 bits per heavy atom. The van der Waals surface area contributed by atoms with Crippen LogP contribution in [0.3, 0.4) is 0 Å². The molecule has 1 aromatic rings. The van der Waals surface area contributed by atoms with E-state index < -0.39 is 18.8 Å². The van der Waals surface area contributed by atoms with Crippen molar-refractivity contribution < 1.29 is 13.2 Å². The largest absolute Gasteiger partial charge is 0.401 e. The highest BCUT2D eigenvalue weighted by molar-refractivity contribution is 9.11. The maximum atomic E-state index is 12.0. The molecule has 1 N–H and O–H groups in total. The molecular formula is C9H6Br2F3N3. The van der Waals surface area contributed by atoms with E-state index in [0.29, 0.717) is 8.95 Å². The minimum Gasteiger partial charge on any atom is -0.288 e. The van der Waals surface area contributed by atoms with E-state index in [2.05, 4.69) is 42.2 Å². The number of alkyl halides is 3. The summed E-state index contributed by atoms with van der Waals surface area (Å²) in [5, 5.41) is 10.9. The highest BCUT2D eigenvalue weighted by Crippen LogP contribution is 2.25. The van der Waals surface area contributed by atoms with E-state index in [9.17, 15) is 13.2 Å². The molecule has 0 saturated heterocycles. The highest BCUT2D eigenvalue weighted by Gasteiger charge is 2.29. The number of nitrogens with one attached hydrogen (secondary N) is 1. The average molecular weight is 373 g/mol. The van der Waals surface area contributed by atoms with Gasteiger partial charge < -0.3 is 0 Å². The Hall–Kier alpha value is -0.650. The fourth-order valence-electron chi connectivity index (χ4n) is 1.06. The lowest BCUT2D eigenvalue weighted by Crippen LogP contribution is -2.32. The number of halogens is 5.